The van der Waals surface area contributed by atoms with Crippen LogP contribution in [0.15, 0.2) is 72.0 Å². The van der Waals surface area contributed by atoms with Crippen LogP contribution in [0, 0.1) is 0 Å². The highest BCUT2D eigenvalue weighted by atomic mass is 19.4. The molecule has 0 spiro atoms. The van der Waals surface area contributed by atoms with E-state index in [2.05, 4.69) is 30.9 Å². The van der Waals surface area contributed by atoms with Crippen LogP contribution in [0.2, 0.25) is 0 Å². The Bertz CT molecular complexity index is 1210. The molecule has 2 amide bonds. The monoisotopic (exact) mass is 442 g/mol. The van der Waals surface area contributed by atoms with Crippen molar-refractivity contribution in [3.63, 3.8) is 0 Å². The van der Waals surface area contributed by atoms with Gasteiger partial charge in [-0.1, -0.05) is 12.1 Å². The van der Waals surface area contributed by atoms with Crippen LogP contribution >= 0.6 is 0 Å². The van der Waals surface area contributed by atoms with Gasteiger partial charge in [-0.3, -0.25) is 14.8 Å². The lowest BCUT2D eigenvalue weighted by atomic mass is 10.1. The maximum Gasteiger partial charge on any atom is 0.416 e. The molecule has 4 rings (SSSR count). The van der Waals surface area contributed by atoms with E-state index in [1.54, 1.807) is 24.7 Å². The lowest BCUT2D eigenvalue weighted by molar-refractivity contribution is -0.755. The average molecular weight is 442 g/mol. The zero-order valence-electron chi connectivity index (χ0n) is 16.2. The standard InChI is InChI=1S/C20H14F3N7O2/c21-20(22,23)15-2-1-3-16(6-15)27-19(31)28-18-11-30(29-32-18)10-17-5-4-13(9-26-17)14-7-24-12-25-8-14/h1-9,11-12H,10H2,(H-,27,28,29,31)/p+1. The van der Waals surface area contributed by atoms with Crippen LogP contribution in [-0.2, 0) is 12.7 Å². The predicted octanol–water partition coefficient (Wildman–Crippen LogP) is 3.53. The maximum absolute atomic E-state index is 12.8. The number of urea groups is 1. The second-order valence-electron chi connectivity index (χ2n) is 6.59. The van der Waals surface area contributed by atoms with Crippen molar-refractivity contribution in [2.45, 2.75) is 12.7 Å². The third-order valence-corrected chi connectivity index (χ3v) is 4.24. The summed E-state index contributed by atoms with van der Waals surface area (Å²) in [6.07, 6.45) is 3.39. The number of hydrogen-bond acceptors (Lipinski definition) is 6. The van der Waals surface area contributed by atoms with Crippen molar-refractivity contribution >= 4 is 17.6 Å². The summed E-state index contributed by atoms with van der Waals surface area (Å²) in [5, 5.41) is 8.47. The fourth-order valence-electron chi connectivity index (χ4n) is 2.76. The Morgan fingerprint density at radius 3 is 2.56 bits per heavy atom. The summed E-state index contributed by atoms with van der Waals surface area (Å²) in [5.74, 6) is 0.00697. The topological polar surface area (TPSA) is 110 Å². The third kappa shape index (κ3) is 5.22. The molecule has 3 heterocycles. The van der Waals surface area contributed by atoms with Crippen molar-refractivity contribution in [1.82, 2.24) is 20.2 Å². The molecular weight excluding hydrogens is 427 g/mol. The first-order chi connectivity index (χ1) is 15.4. The number of benzene rings is 1. The first-order valence-electron chi connectivity index (χ1n) is 9.19. The lowest BCUT2D eigenvalue weighted by Gasteiger charge is -2.09. The summed E-state index contributed by atoms with van der Waals surface area (Å²) in [6, 6.07) is 7.17. The molecule has 4 aromatic rings. The summed E-state index contributed by atoms with van der Waals surface area (Å²) in [7, 11) is 0. The number of halogens is 3. The van der Waals surface area contributed by atoms with Gasteiger partial charge in [-0.2, -0.15) is 13.2 Å². The molecule has 0 aliphatic rings. The maximum atomic E-state index is 12.8. The smallest absolute Gasteiger partial charge is 0.308 e. The normalized spacial score (nSPS) is 11.2. The van der Waals surface area contributed by atoms with Gasteiger partial charge >= 0.3 is 18.1 Å². The Labute approximate surface area is 178 Å². The Hall–Kier alpha value is -4.35. The van der Waals surface area contributed by atoms with Gasteiger partial charge < -0.3 is 5.32 Å². The largest absolute Gasteiger partial charge is 0.416 e. The highest BCUT2D eigenvalue weighted by Gasteiger charge is 2.30. The molecule has 0 aliphatic carbocycles. The second kappa shape index (κ2) is 8.79. The highest BCUT2D eigenvalue weighted by molar-refractivity contribution is 5.98. The van der Waals surface area contributed by atoms with E-state index in [9.17, 15) is 18.0 Å². The Balaban J connectivity index is 1.35. The zero-order valence-corrected chi connectivity index (χ0v) is 16.2. The molecule has 2 N–H and O–H groups in total. The molecule has 0 saturated heterocycles. The van der Waals surface area contributed by atoms with Gasteiger partial charge in [0.1, 0.15) is 12.0 Å². The van der Waals surface area contributed by atoms with Crippen LogP contribution in [0.4, 0.5) is 29.5 Å². The SMILES string of the molecule is O=C(Nc1cccc(C(F)(F)F)c1)Nc1c[n+](Cc2ccc(-c3cncnc3)cn2)no1. The number of hydrogen-bond donors (Lipinski definition) is 2. The molecule has 162 valence electrons. The first-order valence-corrected chi connectivity index (χ1v) is 9.19. The van der Waals surface area contributed by atoms with Crippen molar-refractivity contribution in [1.29, 1.82) is 0 Å². The van der Waals surface area contributed by atoms with Gasteiger partial charge in [0.05, 0.1) is 5.56 Å². The fourth-order valence-corrected chi connectivity index (χ4v) is 2.76. The summed E-state index contributed by atoms with van der Waals surface area (Å²) < 4.78 is 44.8. The van der Waals surface area contributed by atoms with Gasteiger partial charge in [-0.25, -0.2) is 14.8 Å². The van der Waals surface area contributed by atoms with E-state index in [4.69, 9.17) is 4.52 Å². The van der Waals surface area contributed by atoms with E-state index in [0.717, 1.165) is 23.3 Å². The predicted molar refractivity (Wildman–Crippen MR) is 105 cm³/mol. The summed E-state index contributed by atoms with van der Waals surface area (Å²) in [6.45, 7) is 0.270. The highest BCUT2D eigenvalue weighted by Crippen LogP contribution is 2.30. The number of carbonyl (C=O) groups is 1. The molecule has 0 aliphatic heterocycles. The molecule has 0 saturated carbocycles. The quantitative estimate of drug-likeness (QED) is 0.458. The third-order valence-electron chi connectivity index (χ3n) is 4.24. The molecule has 0 fully saturated rings. The fraction of sp³-hybridized carbons (Fsp3) is 0.100. The first kappa shape index (κ1) is 20.9. The number of alkyl halides is 3. The van der Waals surface area contributed by atoms with Gasteiger partial charge in [-0.15, -0.1) is 0 Å². The summed E-state index contributed by atoms with van der Waals surface area (Å²) in [5.41, 5.74) is 1.49. The van der Waals surface area contributed by atoms with Crippen LogP contribution in [0.5, 0.6) is 0 Å². The van der Waals surface area contributed by atoms with Crippen molar-refractivity contribution in [3.05, 3.63) is 78.8 Å². The number of nitrogens with zero attached hydrogens (tertiary/aromatic N) is 5. The van der Waals surface area contributed by atoms with Crippen LogP contribution in [0.25, 0.3) is 11.1 Å². The molecule has 0 atom stereocenters. The second-order valence-corrected chi connectivity index (χ2v) is 6.59. The number of pyridine rings is 1. The van der Waals surface area contributed by atoms with E-state index in [-0.39, 0.29) is 18.1 Å². The minimum Gasteiger partial charge on any atom is -0.308 e. The average Bonchev–Trinajstić information content (AvgIpc) is 3.21. The summed E-state index contributed by atoms with van der Waals surface area (Å²) in [4.78, 5) is 24.3. The number of nitrogens with one attached hydrogen (secondary N) is 2. The van der Waals surface area contributed by atoms with E-state index in [1.165, 1.54) is 29.3 Å². The van der Waals surface area contributed by atoms with Crippen LogP contribution in [-0.4, -0.2) is 26.3 Å². The zero-order chi connectivity index (χ0) is 22.6. The lowest BCUT2D eigenvalue weighted by Crippen LogP contribution is -2.35. The molecule has 0 unspecified atom stereocenters. The molecule has 0 bridgehead atoms. The van der Waals surface area contributed by atoms with Gasteiger partial charge in [0.25, 0.3) is 6.20 Å². The van der Waals surface area contributed by atoms with Gasteiger partial charge in [-0.05, 0) is 28.9 Å². The van der Waals surface area contributed by atoms with E-state index in [0.29, 0.717) is 5.69 Å². The number of carbonyl (C=O) groups excluding carboxylic acids is 1. The number of anilines is 2. The summed E-state index contributed by atoms with van der Waals surface area (Å²) >= 11 is 0. The molecule has 0 radical (unpaired) electrons. The number of aromatic nitrogens is 5. The van der Waals surface area contributed by atoms with Crippen molar-refractivity contribution in [3.8, 4) is 11.1 Å². The molecule has 9 nitrogen and oxygen atoms in total. The van der Waals surface area contributed by atoms with E-state index < -0.39 is 17.8 Å². The Morgan fingerprint density at radius 1 is 1.03 bits per heavy atom. The van der Waals surface area contributed by atoms with Crippen LogP contribution in [0.3, 0.4) is 0 Å². The van der Waals surface area contributed by atoms with Gasteiger partial charge in [0.2, 0.25) is 11.8 Å². The molecule has 12 heteroatoms. The van der Waals surface area contributed by atoms with Crippen LogP contribution in [0.1, 0.15) is 11.3 Å². The Kier molecular flexibility index (Phi) is 5.75. The van der Waals surface area contributed by atoms with Gasteiger partial charge in [0, 0.05) is 35.4 Å². The Morgan fingerprint density at radius 2 is 1.84 bits per heavy atom. The van der Waals surface area contributed by atoms with Gasteiger partial charge in [0.15, 0.2) is 0 Å². The molecular formula is C20H15F3N7O2+. The number of amides is 2. The number of rotatable bonds is 5. The molecule has 3 aromatic heterocycles. The minimum absolute atomic E-state index is 0.00697. The van der Waals surface area contributed by atoms with Crippen molar-refractivity contribution in [2.24, 2.45) is 0 Å². The minimum atomic E-state index is -4.51. The van der Waals surface area contributed by atoms with Crippen molar-refractivity contribution in [2.75, 3.05) is 10.6 Å². The van der Waals surface area contributed by atoms with E-state index in [1.807, 2.05) is 6.07 Å². The van der Waals surface area contributed by atoms with E-state index >= 15 is 0 Å². The molecule has 1 aromatic carbocycles. The van der Waals surface area contributed by atoms with Crippen molar-refractivity contribution < 1.29 is 27.2 Å². The van der Waals surface area contributed by atoms with Crippen LogP contribution < -0.4 is 15.3 Å². The molecule has 32 heavy (non-hydrogen) atoms.